The first-order valence-corrected chi connectivity index (χ1v) is 6.88. The van der Waals surface area contributed by atoms with Gasteiger partial charge in [-0.1, -0.05) is 20.8 Å². The average molecular weight is 280 g/mol. The minimum absolute atomic E-state index is 0.0527. The Balaban J connectivity index is 3.20. The van der Waals surface area contributed by atoms with Gasteiger partial charge in [-0.3, -0.25) is 10.1 Å². The van der Waals surface area contributed by atoms with Crippen molar-refractivity contribution in [2.24, 2.45) is 11.1 Å². The van der Waals surface area contributed by atoms with Gasteiger partial charge in [0.15, 0.2) is 0 Å². The monoisotopic (exact) mass is 280 g/mol. The second-order valence-electron chi connectivity index (χ2n) is 5.84. The molecule has 0 aliphatic heterocycles. The highest BCUT2D eigenvalue weighted by molar-refractivity contribution is 5.58. The molecule has 6 heteroatoms. The van der Waals surface area contributed by atoms with Crippen LogP contribution >= 0.6 is 0 Å². The smallest absolute Gasteiger partial charge is 0.311 e. The lowest BCUT2D eigenvalue weighted by Gasteiger charge is -2.32. The van der Waals surface area contributed by atoms with Crippen LogP contribution in [-0.4, -0.2) is 29.5 Å². The maximum atomic E-state index is 11.2. The molecule has 0 aliphatic carbocycles. The van der Waals surface area contributed by atoms with E-state index in [1.165, 1.54) is 6.07 Å². The van der Waals surface area contributed by atoms with Crippen molar-refractivity contribution in [2.75, 3.05) is 24.5 Å². The molecular weight excluding hydrogens is 256 g/mol. The fourth-order valence-corrected chi connectivity index (χ4v) is 2.02. The number of rotatable bonds is 7. The van der Waals surface area contributed by atoms with E-state index in [1.54, 1.807) is 6.07 Å². The molecule has 0 aliphatic rings. The third kappa shape index (κ3) is 4.16. The van der Waals surface area contributed by atoms with Gasteiger partial charge in [-0.25, -0.2) is 4.98 Å². The largest absolute Gasteiger partial charge is 0.350 e. The maximum Gasteiger partial charge on any atom is 0.311 e. The van der Waals surface area contributed by atoms with Gasteiger partial charge in [0.1, 0.15) is 0 Å². The Kier molecular flexibility index (Phi) is 5.44. The highest BCUT2D eigenvalue weighted by atomic mass is 16.6. The predicted octanol–water partition coefficient (Wildman–Crippen LogP) is 2.50. The van der Waals surface area contributed by atoms with Gasteiger partial charge < -0.3 is 10.6 Å². The van der Waals surface area contributed by atoms with Crippen LogP contribution in [0.2, 0.25) is 0 Å². The van der Waals surface area contributed by atoms with Crippen molar-refractivity contribution < 1.29 is 4.92 Å². The molecule has 0 atom stereocenters. The molecule has 2 N–H and O–H groups in total. The van der Waals surface area contributed by atoms with E-state index in [0.29, 0.717) is 18.9 Å². The Morgan fingerprint density at radius 1 is 1.45 bits per heavy atom. The molecule has 0 bridgehead atoms. The van der Waals surface area contributed by atoms with Crippen LogP contribution in [0.3, 0.4) is 0 Å². The first kappa shape index (κ1) is 16.4. The summed E-state index contributed by atoms with van der Waals surface area (Å²) in [5.74, 6) is 0.443. The van der Waals surface area contributed by atoms with E-state index in [2.05, 4.69) is 18.8 Å². The van der Waals surface area contributed by atoms with E-state index in [4.69, 9.17) is 5.73 Å². The highest BCUT2D eigenvalue weighted by Gasteiger charge is 2.26. The summed E-state index contributed by atoms with van der Waals surface area (Å²) < 4.78 is 0. The molecular formula is C14H24N4O2. The quantitative estimate of drug-likeness (QED) is 0.612. The lowest BCUT2D eigenvalue weighted by atomic mass is 9.93. The molecule has 0 saturated carbocycles. The molecule has 112 valence electrons. The van der Waals surface area contributed by atoms with E-state index in [-0.39, 0.29) is 16.0 Å². The lowest BCUT2D eigenvalue weighted by Crippen LogP contribution is -2.40. The number of nitro groups is 1. The van der Waals surface area contributed by atoms with E-state index in [0.717, 1.165) is 18.7 Å². The summed E-state index contributed by atoms with van der Waals surface area (Å²) in [7, 11) is 0. The van der Waals surface area contributed by atoms with Gasteiger partial charge in [-0.05, 0) is 31.4 Å². The molecule has 0 fully saturated rings. The van der Waals surface area contributed by atoms with Crippen LogP contribution in [0.15, 0.2) is 12.1 Å². The summed E-state index contributed by atoms with van der Waals surface area (Å²) in [6.45, 7) is 9.88. The van der Waals surface area contributed by atoms with Crippen molar-refractivity contribution in [3.63, 3.8) is 0 Å². The standard InChI is InChI=1S/C14H24N4O2/c1-5-8-17(10-14(3,4)9-15)13-12(18(19)20)7-6-11(2)16-13/h6-7H,5,8-10,15H2,1-4H3. The number of nitrogens with zero attached hydrogens (tertiary/aromatic N) is 3. The molecule has 6 nitrogen and oxygen atoms in total. The SMILES string of the molecule is CCCN(CC(C)(C)CN)c1nc(C)ccc1[N+](=O)[O-]. The van der Waals surface area contributed by atoms with Gasteiger partial charge in [0, 0.05) is 24.8 Å². The zero-order chi connectivity index (χ0) is 15.3. The average Bonchev–Trinajstić information content (AvgIpc) is 2.37. The minimum atomic E-state index is -0.375. The molecule has 0 unspecified atom stereocenters. The molecule has 0 radical (unpaired) electrons. The van der Waals surface area contributed by atoms with Crippen LogP contribution in [0.5, 0.6) is 0 Å². The molecule has 1 rings (SSSR count). The van der Waals surface area contributed by atoms with Crippen LogP contribution in [0.25, 0.3) is 0 Å². The molecule has 0 amide bonds. The molecule has 20 heavy (non-hydrogen) atoms. The number of hydrogen-bond donors (Lipinski definition) is 1. The van der Waals surface area contributed by atoms with Gasteiger partial charge in [-0.15, -0.1) is 0 Å². The predicted molar refractivity (Wildman–Crippen MR) is 81.0 cm³/mol. The maximum absolute atomic E-state index is 11.2. The third-order valence-corrected chi connectivity index (χ3v) is 3.15. The van der Waals surface area contributed by atoms with Crippen LogP contribution in [0, 0.1) is 22.5 Å². The molecule has 1 aromatic rings. The van der Waals surface area contributed by atoms with Gasteiger partial charge >= 0.3 is 5.69 Å². The summed E-state index contributed by atoms with van der Waals surface area (Å²) >= 11 is 0. The molecule has 0 spiro atoms. The number of aromatic nitrogens is 1. The number of hydrogen-bond acceptors (Lipinski definition) is 5. The topological polar surface area (TPSA) is 85.3 Å². The lowest BCUT2D eigenvalue weighted by molar-refractivity contribution is -0.384. The summed E-state index contributed by atoms with van der Waals surface area (Å²) in [6, 6.07) is 3.19. The van der Waals surface area contributed by atoms with Gasteiger partial charge in [0.2, 0.25) is 5.82 Å². The second-order valence-corrected chi connectivity index (χ2v) is 5.84. The second kappa shape index (κ2) is 6.65. The Labute approximate surface area is 120 Å². The molecule has 1 heterocycles. The van der Waals surface area contributed by atoms with Crippen molar-refractivity contribution in [1.82, 2.24) is 4.98 Å². The first-order valence-electron chi connectivity index (χ1n) is 6.88. The van der Waals surface area contributed by atoms with Crippen LogP contribution in [0.1, 0.15) is 32.9 Å². The third-order valence-electron chi connectivity index (χ3n) is 3.15. The summed E-state index contributed by atoms with van der Waals surface area (Å²) in [5.41, 5.74) is 6.49. The first-order chi connectivity index (χ1) is 9.30. The normalized spacial score (nSPS) is 11.4. The van der Waals surface area contributed by atoms with Crippen LogP contribution < -0.4 is 10.6 Å². The highest BCUT2D eigenvalue weighted by Crippen LogP contribution is 2.29. The van der Waals surface area contributed by atoms with Crippen molar-refractivity contribution in [3.05, 3.63) is 27.9 Å². The summed E-state index contributed by atoms with van der Waals surface area (Å²) in [4.78, 5) is 17.2. The van der Waals surface area contributed by atoms with Gasteiger partial charge in [0.05, 0.1) is 4.92 Å². The minimum Gasteiger partial charge on any atom is -0.350 e. The Morgan fingerprint density at radius 3 is 2.60 bits per heavy atom. The Morgan fingerprint density at radius 2 is 2.10 bits per heavy atom. The number of nitrogens with two attached hydrogens (primary N) is 1. The van der Waals surface area contributed by atoms with Crippen molar-refractivity contribution in [1.29, 1.82) is 0 Å². The fourth-order valence-electron chi connectivity index (χ4n) is 2.02. The van der Waals surface area contributed by atoms with E-state index in [9.17, 15) is 10.1 Å². The molecule has 0 saturated heterocycles. The van der Waals surface area contributed by atoms with Gasteiger partial charge in [-0.2, -0.15) is 0 Å². The number of pyridine rings is 1. The Bertz CT molecular complexity index is 474. The van der Waals surface area contributed by atoms with Crippen molar-refractivity contribution >= 4 is 11.5 Å². The number of anilines is 1. The van der Waals surface area contributed by atoms with Crippen LogP contribution in [0.4, 0.5) is 11.5 Å². The summed E-state index contributed by atoms with van der Waals surface area (Å²) in [5, 5.41) is 11.2. The number of aryl methyl sites for hydroxylation is 1. The molecule has 1 aromatic heterocycles. The zero-order valence-corrected chi connectivity index (χ0v) is 12.7. The van der Waals surface area contributed by atoms with E-state index < -0.39 is 0 Å². The van der Waals surface area contributed by atoms with Crippen molar-refractivity contribution in [3.8, 4) is 0 Å². The zero-order valence-electron chi connectivity index (χ0n) is 12.7. The van der Waals surface area contributed by atoms with Gasteiger partial charge in [0.25, 0.3) is 0 Å². The molecule has 0 aromatic carbocycles. The van der Waals surface area contributed by atoms with Crippen molar-refractivity contribution in [2.45, 2.75) is 34.1 Å². The summed E-state index contributed by atoms with van der Waals surface area (Å²) in [6.07, 6.45) is 0.896. The Hall–Kier alpha value is -1.69. The van der Waals surface area contributed by atoms with E-state index in [1.807, 2.05) is 18.7 Å². The van der Waals surface area contributed by atoms with Crippen LogP contribution in [-0.2, 0) is 0 Å². The van der Waals surface area contributed by atoms with E-state index >= 15 is 0 Å². The fraction of sp³-hybridized carbons (Fsp3) is 0.643.